The molecule has 0 bridgehead atoms. The van der Waals surface area contributed by atoms with Crippen molar-refractivity contribution in [2.75, 3.05) is 0 Å². The summed E-state index contributed by atoms with van der Waals surface area (Å²) in [6, 6.07) is 13.8. The summed E-state index contributed by atoms with van der Waals surface area (Å²) in [4.78, 5) is 28.1. The summed E-state index contributed by atoms with van der Waals surface area (Å²) in [5.74, 6) is -0.518. The van der Waals surface area contributed by atoms with Gasteiger partial charge in [-0.25, -0.2) is 9.79 Å². The zero-order valence-corrected chi connectivity index (χ0v) is 17.1. The molecule has 0 fully saturated rings. The Morgan fingerprint density at radius 3 is 2.55 bits per heavy atom. The number of hydrogen-bond acceptors (Lipinski definition) is 7. The van der Waals surface area contributed by atoms with Crippen LogP contribution in [0.4, 0.5) is 5.69 Å². The van der Waals surface area contributed by atoms with Crippen molar-refractivity contribution in [2.45, 2.75) is 32.1 Å². The smallest absolute Gasteiger partial charge is 0.337 e. The van der Waals surface area contributed by atoms with Crippen LogP contribution in [0.15, 0.2) is 59.1 Å². The van der Waals surface area contributed by atoms with Gasteiger partial charge >= 0.3 is 5.97 Å². The Hall–Kier alpha value is -3.13. The average Bonchev–Trinajstić information content (AvgIpc) is 2.67. The van der Waals surface area contributed by atoms with Gasteiger partial charge < -0.3 is 10.5 Å². The lowest BCUT2D eigenvalue weighted by molar-refractivity contribution is -0.384. The van der Waals surface area contributed by atoms with Crippen LogP contribution in [0.25, 0.3) is 5.70 Å². The van der Waals surface area contributed by atoms with Gasteiger partial charge in [-0.15, -0.1) is 0 Å². The van der Waals surface area contributed by atoms with E-state index in [1.165, 1.54) is 23.9 Å². The first-order chi connectivity index (χ1) is 13.8. The topological polar surface area (TPSA) is 108 Å². The Morgan fingerprint density at radius 2 is 1.93 bits per heavy atom. The minimum absolute atomic E-state index is 0.0922. The van der Waals surface area contributed by atoms with Crippen molar-refractivity contribution in [1.82, 2.24) is 0 Å². The van der Waals surface area contributed by atoms with E-state index >= 15 is 0 Å². The standard InChI is InChI=1S/C21H21N3O4S/c1-12(2)28-20(25)17-18(15-5-4-6-16(11-15)24(26)27)23-21(22)29-19(17)14-9-7-13(3)8-10-14/h4-12,19H,1-3H3,(H2,22,23). The molecule has 0 aliphatic carbocycles. The maximum atomic E-state index is 13.0. The normalized spacial score (nSPS) is 16.6. The highest BCUT2D eigenvalue weighted by Gasteiger charge is 2.34. The first-order valence-electron chi connectivity index (χ1n) is 9.03. The molecule has 1 heterocycles. The number of carbonyl (C=O) groups is 1. The van der Waals surface area contributed by atoms with Crippen LogP contribution in [0, 0.1) is 17.0 Å². The Kier molecular flexibility index (Phi) is 6.03. The second-order valence-electron chi connectivity index (χ2n) is 6.88. The van der Waals surface area contributed by atoms with Crippen LogP contribution >= 0.6 is 11.8 Å². The molecular weight excluding hydrogens is 390 g/mol. The molecule has 2 aromatic rings. The van der Waals surface area contributed by atoms with Crippen molar-refractivity contribution in [1.29, 1.82) is 0 Å². The predicted octanol–water partition coefficient (Wildman–Crippen LogP) is 4.37. The van der Waals surface area contributed by atoms with Gasteiger partial charge in [0.2, 0.25) is 0 Å². The minimum atomic E-state index is -0.518. The molecule has 0 amide bonds. The third kappa shape index (κ3) is 4.65. The molecule has 150 valence electrons. The summed E-state index contributed by atoms with van der Waals surface area (Å²) in [5, 5.41) is 11.1. The molecule has 0 saturated heterocycles. The SMILES string of the molecule is Cc1ccc(C2SC(N)=NC(c3cccc([N+](=O)[O-])c3)=C2C(=O)OC(C)C)cc1. The third-order valence-electron chi connectivity index (χ3n) is 4.25. The summed E-state index contributed by atoms with van der Waals surface area (Å²) in [7, 11) is 0. The van der Waals surface area contributed by atoms with Crippen LogP contribution in [0.1, 0.15) is 35.8 Å². The fourth-order valence-corrected chi connectivity index (χ4v) is 3.95. The molecule has 3 rings (SSSR count). The van der Waals surface area contributed by atoms with Gasteiger partial charge in [-0.1, -0.05) is 53.7 Å². The molecule has 8 heteroatoms. The van der Waals surface area contributed by atoms with Crippen LogP contribution in [-0.4, -0.2) is 22.2 Å². The summed E-state index contributed by atoms with van der Waals surface area (Å²) < 4.78 is 5.48. The second-order valence-corrected chi connectivity index (χ2v) is 8.01. The van der Waals surface area contributed by atoms with Crippen molar-refractivity contribution in [3.05, 3.63) is 80.9 Å². The number of hydrogen-bond donors (Lipinski definition) is 1. The fraction of sp³-hybridized carbons (Fsp3) is 0.238. The monoisotopic (exact) mass is 411 g/mol. The first kappa shape index (κ1) is 20.6. The molecule has 29 heavy (non-hydrogen) atoms. The zero-order valence-electron chi connectivity index (χ0n) is 16.3. The average molecular weight is 411 g/mol. The maximum Gasteiger partial charge on any atom is 0.337 e. The van der Waals surface area contributed by atoms with Gasteiger partial charge in [0.15, 0.2) is 5.17 Å². The van der Waals surface area contributed by atoms with Crippen molar-refractivity contribution in [3.8, 4) is 0 Å². The lowest BCUT2D eigenvalue weighted by atomic mass is 9.98. The number of rotatable bonds is 5. The quantitative estimate of drug-likeness (QED) is 0.445. The van der Waals surface area contributed by atoms with Crippen LogP contribution in [0.3, 0.4) is 0 Å². The number of aliphatic imine (C=N–C) groups is 1. The number of aryl methyl sites for hydroxylation is 1. The number of non-ortho nitro benzene ring substituents is 1. The molecule has 7 nitrogen and oxygen atoms in total. The van der Waals surface area contributed by atoms with Crippen LogP contribution in [0.2, 0.25) is 0 Å². The first-order valence-corrected chi connectivity index (χ1v) is 9.91. The molecule has 0 radical (unpaired) electrons. The highest BCUT2D eigenvalue weighted by Crippen LogP contribution is 2.44. The highest BCUT2D eigenvalue weighted by molar-refractivity contribution is 8.14. The van der Waals surface area contributed by atoms with Gasteiger partial charge in [-0.2, -0.15) is 0 Å². The van der Waals surface area contributed by atoms with E-state index in [-0.39, 0.29) is 17.0 Å². The van der Waals surface area contributed by atoms with E-state index in [0.717, 1.165) is 11.1 Å². The lowest BCUT2D eigenvalue weighted by Gasteiger charge is -2.26. The number of esters is 1. The van der Waals surface area contributed by atoms with E-state index < -0.39 is 16.1 Å². The van der Waals surface area contributed by atoms with E-state index in [1.54, 1.807) is 26.0 Å². The van der Waals surface area contributed by atoms with Crippen molar-refractivity contribution >= 4 is 34.3 Å². The van der Waals surface area contributed by atoms with Crippen LogP contribution in [0.5, 0.6) is 0 Å². The summed E-state index contributed by atoms with van der Waals surface area (Å²) in [5.41, 5.74) is 9.00. The number of nitrogens with two attached hydrogens (primary N) is 1. The van der Waals surface area contributed by atoms with Crippen LogP contribution < -0.4 is 5.73 Å². The van der Waals surface area contributed by atoms with E-state index in [9.17, 15) is 14.9 Å². The summed E-state index contributed by atoms with van der Waals surface area (Å²) >= 11 is 1.25. The van der Waals surface area contributed by atoms with Crippen molar-refractivity contribution in [2.24, 2.45) is 10.7 Å². The molecule has 1 unspecified atom stereocenters. The molecule has 1 aliphatic heterocycles. The van der Waals surface area contributed by atoms with Gasteiger partial charge in [0.25, 0.3) is 5.69 Å². The van der Waals surface area contributed by atoms with Gasteiger partial charge in [0.1, 0.15) is 0 Å². The zero-order chi connectivity index (χ0) is 21.1. The Labute approximate surface area is 172 Å². The summed E-state index contributed by atoms with van der Waals surface area (Å²) in [6.45, 7) is 5.51. The van der Waals surface area contributed by atoms with Crippen LogP contribution in [-0.2, 0) is 9.53 Å². The molecule has 1 aliphatic rings. The number of nitro groups is 1. The minimum Gasteiger partial charge on any atom is -0.460 e. The molecule has 0 spiro atoms. The van der Waals surface area contributed by atoms with E-state index in [4.69, 9.17) is 10.5 Å². The van der Waals surface area contributed by atoms with E-state index in [2.05, 4.69) is 4.99 Å². The number of benzene rings is 2. The second kappa shape index (κ2) is 8.48. The Balaban J connectivity index is 2.21. The van der Waals surface area contributed by atoms with E-state index in [1.807, 2.05) is 31.2 Å². The number of ether oxygens (including phenoxy) is 1. The molecule has 1 atom stereocenters. The Morgan fingerprint density at radius 1 is 1.24 bits per heavy atom. The fourth-order valence-electron chi connectivity index (χ4n) is 2.94. The molecule has 0 aromatic heterocycles. The van der Waals surface area contributed by atoms with Gasteiger partial charge in [0, 0.05) is 17.7 Å². The number of nitrogens with zero attached hydrogens (tertiary/aromatic N) is 2. The third-order valence-corrected chi connectivity index (χ3v) is 5.33. The molecule has 2 aromatic carbocycles. The number of carbonyl (C=O) groups excluding carboxylic acids is 1. The largest absolute Gasteiger partial charge is 0.460 e. The van der Waals surface area contributed by atoms with Gasteiger partial charge in [-0.3, -0.25) is 10.1 Å². The highest BCUT2D eigenvalue weighted by atomic mass is 32.2. The van der Waals surface area contributed by atoms with Crippen molar-refractivity contribution in [3.63, 3.8) is 0 Å². The molecule has 0 saturated carbocycles. The van der Waals surface area contributed by atoms with E-state index in [0.29, 0.717) is 16.8 Å². The number of amidine groups is 1. The lowest BCUT2D eigenvalue weighted by Crippen LogP contribution is -2.24. The summed E-state index contributed by atoms with van der Waals surface area (Å²) in [6.07, 6.45) is -0.326. The number of thioether (sulfide) groups is 1. The van der Waals surface area contributed by atoms with Gasteiger partial charge in [-0.05, 0) is 26.3 Å². The number of nitro benzene ring substituents is 1. The van der Waals surface area contributed by atoms with Crippen molar-refractivity contribution < 1.29 is 14.5 Å². The van der Waals surface area contributed by atoms with Gasteiger partial charge in [0.05, 0.1) is 27.5 Å². The predicted molar refractivity (Wildman–Crippen MR) is 114 cm³/mol. The maximum absolute atomic E-state index is 13.0. The molecule has 2 N–H and O–H groups in total. The molecular formula is C21H21N3O4S. The Bertz CT molecular complexity index is 1010.